The molecule has 3 heterocycles. The maximum Gasteiger partial charge on any atom is 0.0834 e. The first kappa shape index (κ1) is 17.0. The van der Waals surface area contributed by atoms with Crippen molar-refractivity contribution in [3.05, 3.63) is 38.0 Å². The SMILES string of the molecule is Cc1ccsc1CN1C[C@@H](O)[C@H](N(C)CCc2scnc2C)C1. The van der Waals surface area contributed by atoms with Crippen LogP contribution in [0.3, 0.4) is 0 Å². The van der Waals surface area contributed by atoms with Crippen molar-refractivity contribution in [3.63, 3.8) is 0 Å². The van der Waals surface area contributed by atoms with Gasteiger partial charge in [0.15, 0.2) is 0 Å². The fourth-order valence-electron chi connectivity index (χ4n) is 3.19. The van der Waals surface area contributed by atoms with Gasteiger partial charge in [-0.25, -0.2) is 4.98 Å². The van der Waals surface area contributed by atoms with Crippen LogP contribution >= 0.6 is 22.7 Å². The molecule has 3 rings (SSSR count). The number of aromatic nitrogens is 1. The summed E-state index contributed by atoms with van der Waals surface area (Å²) in [6.07, 6.45) is 0.753. The summed E-state index contributed by atoms with van der Waals surface area (Å²) >= 11 is 3.55. The Bertz CT molecular complexity index is 639. The molecule has 2 atom stereocenters. The average Bonchev–Trinajstić information content (AvgIpc) is 3.20. The van der Waals surface area contributed by atoms with Gasteiger partial charge in [0.05, 0.1) is 17.3 Å². The zero-order valence-electron chi connectivity index (χ0n) is 14.0. The molecular formula is C17H25N3OS2. The fraction of sp³-hybridized carbons (Fsp3) is 0.588. The van der Waals surface area contributed by atoms with E-state index >= 15 is 0 Å². The summed E-state index contributed by atoms with van der Waals surface area (Å²) in [5.74, 6) is 0. The molecule has 1 aliphatic heterocycles. The molecule has 1 fully saturated rings. The first-order chi connectivity index (χ1) is 11.0. The molecular weight excluding hydrogens is 326 g/mol. The van der Waals surface area contributed by atoms with Gasteiger partial charge in [-0.15, -0.1) is 22.7 Å². The first-order valence-corrected chi connectivity index (χ1v) is 9.83. The van der Waals surface area contributed by atoms with E-state index in [1.54, 1.807) is 11.3 Å². The van der Waals surface area contributed by atoms with E-state index in [1.807, 2.05) is 16.8 Å². The lowest BCUT2D eigenvalue weighted by atomic mass is 10.2. The summed E-state index contributed by atoms with van der Waals surface area (Å²) in [6, 6.07) is 2.40. The zero-order chi connectivity index (χ0) is 16.4. The third-order valence-corrected chi connectivity index (χ3v) is 6.78. The highest BCUT2D eigenvalue weighted by Crippen LogP contribution is 2.23. The van der Waals surface area contributed by atoms with Crippen molar-refractivity contribution >= 4 is 22.7 Å². The molecule has 2 aromatic rings. The monoisotopic (exact) mass is 351 g/mol. The summed E-state index contributed by atoms with van der Waals surface area (Å²) in [4.78, 5) is 11.8. The minimum atomic E-state index is -0.261. The van der Waals surface area contributed by atoms with E-state index in [1.165, 1.54) is 15.3 Å². The number of likely N-dealkylation sites (N-methyl/N-ethyl adjacent to an activating group) is 1. The van der Waals surface area contributed by atoms with Crippen LogP contribution in [0.5, 0.6) is 0 Å². The number of aliphatic hydroxyl groups excluding tert-OH is 1. The number of rotatable bonds is 6. The molecule has 4 nitrogen and oxygen atoms in total. The Kier molecular flexibility index (Phi) is 5.49. The number of hydrogen-bond donors (Lipinski definition) is 1. The highest BCUT2D eigenvalue weighted by Gasteiger charge is 2.34. The molecule has 0 unspecified atom stereocenters. The summed E-state index contributed by atoms with van der Waals surface area (Å²) in [6.45, 7) is 7.87. The fourth-order valence-corrected chi connectivity index (χ4v) is 4.91. The summed E-state index contributed by atoms with van der Waals surface area (Å²) < 4.78 is 0. The Morgan fingerprint density at radius 3 is 2.78 bits per heavy atom. The lowest BCUT2D eigenvalue weighted by molar-refractivity contribution is 0.0994. The Morgan fingerprint density at radius 1 is 1.30 bits per heavy atom. The molecule has 126 valence electrons. The second kappa shape index (κ2) is 7.40. The molecule has 0 saturated carbocycles. The number of likely N-dealkylation sites (tertiary alicyclic amines) is 1. The Labute approximate surface area is 146 Å². The van der Waals surface area contributed by atoms with Gasteiger partial charge < -0.3 is 5.11 Å². The molecule has 1 N–H and O–H groups in total. The predicted octanol–water partition coefficient (Wildman–Crippen LogP) is 2.54. The summed E-state index contributed by atoms with van der Waals surface area (Å²) in [5, 5.41) is 12.6. The maximum absolute atomic E-state index is 10.4. The van der Waals surface area contributed by atoms with Crippen LogP contribution < -0.4 is 0 Å². The smallest absolute Gasteiger partial charge is 0.0834 e. The maximum atomic E-state index is 10.4. The number of β-amino-alcohol motifs (C(OH)–C–C–N with tert-alkyl or cyclic N) is 1. The van der Waals surface area contributed by atoms with Crippen molar-refractivity contribution in [2.75, 3.05) is 26.7 Å². The average molecular weight is 352 g/mol. The van der Waals surface area contributed by atoms with Gasteiger partial charge in [0, 0.05) is 42.0 Å². The number of hydrogen-bond acceptors (Lipinski definition) is 6. The molecule has 0 spiro atoms. The third-order valence-electron chi connectivity index (χ3n) is 4.77. The van der Waals surface area contributed by atoms with E-state index in [9.17, 15) is 5.11 Å². The second-order valence-electron chi connectivity index (χ2n) is 6.45. The third kappa shape index (κ3) is 4.00. The van der Waals surface area contributed by atoms with Crippen LogP contribution in [0.25, 0.3) is 0 Å². The number of aliphatic hydroxyl groups is 1. The van der Waals surface area contributed by atoms with Gasteiger partial charge in [-0.1, -0.05) is 0 Å². The topological polar surface area (TPSA) is 39.6 Å². The normalized spacial score (nSPS) is 22.3. The van der Waals surface area contributed by atoms with Gasteiger partial charge in [0.2, 0.25) is 0 Å². The van der Waals surface area contributed by atoms with Crippen LogP contribution in [-0.2, 0) is 13.0 Å². The highest BCUT2D eigenvalue weighted by molar-refractivity contribution is 7.10. The second-order valence-corrected chi connectivity index (χ2v) is 8.39. The minimum absolute atomic E-state index is 0.225. The largest absolute Gasteiger partial charge is 0.390 e. The minimum Gasteiger partial charge on any atom is -0.390 e. The molecule has 0 bridgehead atoms. The van der Waals surface area contributed by atoms with E-state index < -0.39 is 0 Å². The molecule has 0 radical (unpaired) electrons. The molecule has 23 heavy (non-hydrogen) atoms. The van der Waals surface area contributed by atoms with Crippen molar-refractivity contribution in [1.29, 1.82) is 0 Å². The lowest BCUT2D eigenvalue weighted by Crippen LogP contribution is -2.41. The Morgan fingerprint density at radius 2 is 2.13 bits per heavy atom. The van der Waals surface area contributed by atoms with Crippen molar-refractivity contribution in [3.8, 4) is 0 Å². The first-order valence-electron chi connectivity index (χ1n) is 8.07. The predicted molar refractivity (Wildman–Crippen MR) is 97.3 cm³/mol. The van der Waals surface area contributed by atoms with Crippen molar-refractivity contribution < 1.29 is 5.11 Å². The lowest BCUT2D eigenvalue weighted by Gasteiger charge is -2.26. The van der Waals surface area contributed by atoms with Crippen LogP contribution in [0.2, 0.25) is 0 Å². The van der Waals surface area contributed by atoms with Gasteiger partial charge in [-0.05, 0) is 44.3 Å². The molecule has 6 heteroatoms. The van der Waals surface area contributed by atoms with Gasteiger partial charge in [-0.3, -0.25) is 9.80 Å². The summed E-state index contributed by atoms with van der Waals surface area (Å²) in [5.41, 5.74) is 4.42. The van der Waals surface area contributed by atoms with Gasteiger partial charge >= 0.3 is 0 Å². The Balaban J connectivity index is 1.53. The molecule has 0 amide bonds. The number of thiazole rings is 1. The summed E-state index contributed by atoms with van der Waals surface area (Å²) in [7, 11) is 2.13. The molecule has 0 aromatic carbocycles. The van der Waals surface area contributed by atoms with Crippen LogP contribution in [0, 0.1) is 13.8 Å². The van der Waals surface area contributed by atoms with Crippen LogP contribution in [0.15, 0.2) is 17.0 Å². The van der Waals surface area contributed by atoms with Crippen LogP contribution in [-0.4, -0.2) is 58.7 Å². The zero-order valence-corrected chi connectivity index (χ0v) is 15.7. The van der Waals surface area contributed by atoms with Crippen molar-refractivity contribution in [1.82, 2.24) is 14.8 Å². The van der Waals surface area contributed by atoms with E-state index in [0.717, 1.165) is 38.3 Å². The van der Waals surface area contributed by atoms with Crippen molar-refractivity contribution in [2.45, 2.75) is 39.0 Å². The molecule has 2 aromatic heterocycles. The van der Waals surface area contributed by atoms with Gasteiger partial charge in [-0.2, -0.15) is 0 Å². The van der Waals surface area contributed by atoms with E-state index in [4.69, 9.17) is 0 Å². The number of thiophene rings is 1. The molecule has 1 saturated heterocycles. The van der Waals surface area contributed by atoms with Crippen LogP contribution in [0.1, 0.15) is 21.0 Å². The van der Waals surface area contributed by atoms with Gasteiger partial charge in [0.1, 0.15) is 0 Å². The van der Waals surface area contributed by atoms with E-state index in [2.05, 4.69) is 47.1 Å². The van der Waals surface area contributed by atoms with Crippen LogP contribution in [0.4, 0.5) is 0 Å². The van der Waals surface area contributed by atoms with E-state index in [0.29, 0.717) is 0 Å². The highest BCUT2D eigenvalue weighted by atomic mass is 32.1. The quantitative estimate of drug-likeness (QED) is 0.868. The number of aryl methyl sites for hydroxylation is 2. The molecule has 1 aliphatic rings. The standard InChI is InChI=1S/C17H25N3OS2/c1-12-5-7-22-17(12)10-20-8-14(15(21)9-20)19(3)6-4-16-13(2)18-11-23-16/h5,7,11,14-15,21H,4,6,8-10H2,1-3H3/t14-,15-/m1/s1. The van der Waals surface area contributed by atoms with Crippen molar-refractivity contribution in [2.24, 2.45) is 0 Å². The van der Waals surface area contributed by atoms with Gasteiger partial charge in [0.25, 0.3) is 0 Å². The van der Waals surface area contributed by atoms with E-state index in [-0.39, 0.29) is 12.1 Å². The number of nitrogens with zero attached hydrogens (tertiary/aromatic N) is 3. The Hall–Kier alpha value is -0.790. The molecule has 0 aliphatic carbocycles.